The van der Waals surface area contributed by atoms with E-state index in [9.17, 15) is 13.6 Å². The molecule has 1 aromatic carbocycles. The summed E-state index contributed by atoms with van der Waals surface area (Å²) < 4.78 is 32.9. The molecule has 0 bridgehead atoms. The van der Waals surface area contributed by atoms with Gasteiger partial charge in [0, 0.05) is 25.6 Å². The molecule has 5 nitrogen and oxygen atoms in total. The van der Waals surface area contributed by atoms with Gasteiger partial charge >= 0.3 is 6.09 Å². The SMILES string of the molecule is CC(C)(C)OC(=O)N1CCC2(C[C@@H]1c1ccc(-c3ccn[nH]3)cc1)CC(F)(F)C2. The van der Waals surface area contributed by atoms with Crippen molar-refractivity contribution in [3.8, 4) is 11.3 Å². The Morgan fingerprint density at radius 2 is 1.90 bits per heavy atom. The minimum Gasteiger partial charge on any atom is -0.444 e. The molecular weight excluding hydrogens is 376 g/mol. The minimum atomic E-state index is -2.58. The Bertz CT molecular complexity index is 864. The molecule has 2 heterocycles. The van der Waals surface area contributed by atoms with E-state index in [0.29, 0.717) is 19.4 Å². The summed E-state index contributed by atoms with van der Waals surface area (Å²) >= 11 is 0. The van der Waals surface area contributed by atoms with Crippen LogP contribution in [0.4, 0.5) is 13.6 Å². The van der Waals surface area contributed by atoms with Crippen LogP contribution in [0.25, 0.3) is 11.3 Å². The van der Waals surface area contributed by atoms with Crippen LogP contribution in [-0.2, 0) is 4.74 Å². The van der Waals surface area contributed by atoms with Gasteiger partial charge in [-0.1, -0.05) is 24.3 Å². The second-order valence-corrected chi connectivity index (χ2v) is 9.45. The van der Waals surface area contributed by atoms with Gasteiger partial charge in [-0.25, -0.2) is 13.6 Å². The van der Waals surface area contributed by atoms with Crippen LogP contribution < -0.4 is 0 Å². The molecule has 2 aromatic rings. The summed E-state index contributed by atoms with van der Waals surface area (Å²) in [4.78, 5) is 14.5. The van der Waals surface area contributed by atoms with Crippen molar-refractivity contribution in [3.63, 3.8) is 0 Å². The summed E-state index contributed by atoms with van der Waals surface area (Å²) in [6, 6.07) is 9.47. The van der Waals surface area contributed by atoms with Crippen molar-refractivity contribution in [3.05, 3.63) is 42.1 Å². The topological polar surface area (TPSA) is 58.2 Å². The molecule has 156 valence electrons. The molecule has 1 spiro atoms. The number of aromatic amines is 1. The van der Waals surface area contributed by atoms with E-state index in [1.54, 1.807) is 11.1 Å². The van der Waals surface area contributed by atoms with E-state index in [1.165, 1.54) is 0 Å². The number of carbonyl (C=O) groups is 1. The molecule has 1 aliphatic heterocycles. The van der Waals surface area contributed by atoms with E-state index < -0.39 is 16.9 Å². The van der Waals surface area contributed by atoms with Crippen LogP contribution >= 0.6 is 0 Å². The quantitative estimate of drug-likeness (QED) is 0.714. The number of hydrogen-bond acceptors (Lipinski definition) is 3. The number of piperidine rings is 1. The highest BCUT2D eigenvalue weighted by Crippen LogP contribution is 2.60. The molecule has 1 aliphatic carbocycles. The smallest absolute Gasteiger partial charge is 0.410 e. The van der Waals surface area contributed by atoms with Crippen molar-refractivity contribution in [1.29, 1.82) is 0 Å². The second kappa shape index (κ2) is 6.82. The van der Waals surface area contributed by atoms with Crippen LogP contribution in [-0.4, -0.2) is 39.3 Å². The molecule has 1 atom stereocenters. The van der Waals surface area contributed by atoms with Crippen LogP contribution in [0.1, 0.15) is 58.1 Å². The van der Waals surface area contributed by atoms with E-state index in [0.717, 1.165) is 16.8 Å². The molecule has 2 aliphatic rings. The fraction of sp³-hybridized carbons (Fsp3) is 0.545. The number of rotatable bonds is 2. The van der Waals surface area contributed by atoms with Crippen molar-refractivity contribution in [1.82, 2.24) is 15.1 Å². The number of likely N-dealkylation sites (tertiary alicyclic amines) is 1. The first-order valence-corrected chi connectivity index (χ1v) is 10.0. The lowest BCUT2D eigenvalue weighted by atomic mass is 9.59. The number of nitrogens with one attached hydrogen (secondary N) is 1. The average molecular weight is 403 g/mol. The van der Waals surface area contributed by atoms with Gasteiger partial charge in [0.05, 0.1) is 11.7 Å². The van der Waals surface area contributed by atoms with Crippen molar-refractivity contribution in [2.24, 2.45) is 5.41 Å². The largest absolute Gasteiger partial charge is 0.444 e. The van der Waals surface area contributed by atoms with Crippen LogP contribution in [0.15, 0.2) is 36.5 Å². The van der Waals surface area contributed by atoms with Gasteiger partial charge in [-0.2, -0.15) is 5.10 Å². The summed E-state index contributed by atoms with van der Waals surface area (Å²) in [6.07, 6.45) is 2.24. The number of hydrogen-bond donors (Lipinski definition) is 1. The van der Waals surface area contributed by atoms with Gasteiger partial charge in [0.2, 0.25) is 5.92 Å². The van der Waals surface area contributed by atoms with Gasteiger partial charge in [-0.3, -0.25) is 5.10 Å². The predicted octanol–water partition coefficient (Wildman–Crippen LogP) is 5.56. The van der Waals surface area contributed by atoms with Gasteiger partial charge < -0.3 is 9.64 Å². The molecule has 29 heavy (non-hydrogen) atoms. The highest BCUT2D eigenvalue weighted by atomic mass is 19.3. The maximum atomic E-state index is 13.7. The van der Waals surface area contributed by atoms with Crippen molar-refractivity contribution < 1.29 is 18.3 Å². The second-order valence-electron chi connectivity index (χ2n) is 9.45. The van der Waals surface area contributed by atoms with E-state index in [1.807, 2.05) is 51.1 Å². The zero-order valence-corrected chi connectivity index (χ0v) is 17.0. The Labute approximate surface area is 169 Å². The summed E-state index contributed by atoms with van der Waals surface area (Å²) in [7, 11) is 0. The molecule has 2 fully saturated rings. The predicted molar refractivity (Wildman–Crippen MR) is 106 cm³/mol. The van der Waals surface area contributed by atoms with E-state index >= 15 is 0 Å². The molecule has 1 N–H and O–H groups in total. The number of carbonyl (C=O) groups excluding carboxylic acids is 1. The molecule has 0 radical (unpaired) electrons. The number of amides is 1. The number of alkyl halides is 2. The molecule has 4 rings (SSSR count). The molecule has 0 unspecified atom stereocenters. The fourth-order valence-corrected chi connectivity index (χ4v) is 4.64. The zero-order valence-electron chi connectivity index (χ0n) is 17.0. The van der Waals surface area contributed by atoms with Gasteiger partial charge in [0.25, 0.3) is 0 Å². The van der Waals surface area contributed by atoms with Gasteiger partial charge in [-0.05, 0) is 56.2 Å². The average Bonchev–Trinajstić information content (AvgIpc) is 3.13. The molecule has 1 saturated heterocycles. The maximum Gasteiger partial charge on any atom is 0.410 e. The third-order valence-corrected chi connectivity index (χ3v) is 5.89. The number of aromatic nitrogens is 2. The number of ether oxygens (including phenoxy) is 1. The molecule has 1 aromatic heterocycles. The monoisotopic (exact) mass is 403 g/mol. The zero-order chi connectivity index (χ0) is 20.9. The molecule has 1 saturated carbocycles. The molecular formula is C22H27F2N3O2. The third-order valence-electron chi connectivity index (χ3n) is 5.89. The normalized spacial score (nSPS) is 22.9. The first-order chi connectivity index (χ1) is 13.6. The standard InChI is InChI=1S/C22H27F2N3O2/c1-20(2,3)29-19(28)27-11-9-21(13-22(23,24)14-21)12-18(27)16-6-4-15(5-7-16)17-8-10-25-26-17/h4-8,10,18H,9,11-14H2,1-3H3,(H,25,26)/t18-/m1/s1. The van der Waals surface area contributed by atoms with Crippen molar-refractivity contribution in [2.45, 2.75) is 64.0 Å². The third kappa shape index (κ3) is 4.14. The van der Waals surface area contributed by atoms with E-state index in [-0.39, 0.29) is 25.0 Å². The Hall–Kier alpha value is -2.44. The fourth-order valence-electron chi connectivity index (χ4n) is 4.64. The van der Waals surface area contributed by atoms with Gasteiger partial charge in [0.15, 0.2) is 0 Å². The number of halogens is 2. The first kappa shape index (κ1) is 19.9. The summed E-state index contributed by atoms with van der Waals surface area (Å²) in [6.45, 7) is 5.92. The van der Waals surface area contributed by atoms with Gasteiger partial charge in [-0.15, -0.1) is 0 Å². The Kier molecular flexibility index (Phi) is 4.67. The molecule has 1 amide bonds. The van der Waals surface area contributed by atoms with E-state index in [4.69, 9.17) is 4.74 Å². The number of nitrogens with zero attached hydrogens (tertiary/aromatic N) is 2. The highest BCUT2D eigenvalue weighted by Gasteiger charge is 2.59. The Morgan fingerprint density at radius 1 is 1.21 bits per heavy atom. The first-order valence-electron chi connectivity index (χ1n) is 10.0. The highest BCUT2D eigenvalue weighted by molar-refractivity contribution is 5.69. The maximum absolute atomic E-state index is 13.7. The molecule has 7 heteroatoms. The van der Waals surface area contributed by atoms with Crippen LogP contribution in [0, 0.1) is 5.41 Å². The lowest BCUT2D eigenvalue weighted by molar-refractivity contribution is -0.183. The van der Waals surface area contributed by atoms with Crippen molar-refractivity contribution in [2.75, 3.05) is 6.54 Å². The van der Waals surface area contributed by atoms with Crippen LogP contribution in [0.3, 0.4) is 0 Å². The lowest BCUT2D eigenvalue weighted by Crippen LogP contribution is -2.54. The minimum absolute atomic E-state index is 0.0924. The summed E-state index contributed by atoms with van der Waals surface area (Å²) in [5.74, 6) is -2.58. The number of benzene rings is 1. The summed E-state index contributed by atoms with van der Waals surface area (Å²) in [5, 5.41) is 6.89. The van der Waals surface area contributed by atoms with Crippen molar-refractivity contribution >= 4 is 6.09 Å². The lowest BCUT2D eigenvalue weighted by Gasteiger charge is -2.54. The van der Waals surface area contributed by atoms with Crippen LogP contribution in [0.5, 0.6) is 0 Å². The Morgan fingerprint density at radius 3 is 2.45 bits per heavy atom. The summed E-state index contributed by atoms with van der Waals surface area (Å²) in [5.41, 5.74) is 1.82. The Balaban J connectivity index is 1.60. The van der Waals surface area contributed by atoms with E-state index in [2.05, 4.69) is 10.2 Å². The van der Waals surface area contributed by atoms with Crippen LogP contribution in [0.2, 0.25) is 0 Å². The number of H-pyrrole nitrogens is 1. The van der Waals surface area contributed by atoms with Gasteiger partial charge in [0.1, 0.15) is 5.60 Å².